The number of ether oxygens (including phenoxy) is 1. The number of carboxylic acids is 1. The maximum Gasteiger partial charge on any atom is 0.344 e. The van der Waals surface area contributed by atoms with Crippen LogP contribution in [0.2, 0.25) is 0 Å². The van der Waals surface area contributed by atoms with Crippen LogP contribution in [0.1, 0.15) is 6.92 Å². The molecule has 0 radical (unpaired) electrons. The summed E-state index contributed by atoms with van der Waals surface area (Å²) >= 11 is 4.73. The second kappa shape index (κ2) is 5.45. The second-order valence-corrected chi connectivity index (χ2v) is 5.23. The van der Waals surface area contributed by atoms with Crippen LogP contribution in [0, 0.1) is 0 Å². The molecule has 0 saturated carbocycles. The maximum atomic E-state index is 10.8. The van der Waals surface area contributed by atoms with Crippen LogP contribution in [0.25, 0.3) is 10.6 Å². The first-order valence-electron chi connectivity index (χ1n) is 5.03. The van der Waals surface area contributed by atoms with Crippen molar-refractivity contribution in [1.29, 1.82) is 0 Å². The van der Waals surface area contributed by atoms with E-state index in [2.05, 4.69) is 26.1 Å². The highest BCUT2D eigenvalue weighted by atomic mass is 79.9. The Morgan fingerprint density at radius 3 is 2.94 bits per heavy atom. The molecule has 0 aliphatic carbocycles. The Balaban J connectivity index is 2.38. The minimum Gasteiger partial charge on any atom is -0.479 e. The summed E-state index contributed by atoms with van der Waals surface area (Å²) < 4.78 is 6.27. The molecule has 2 aromatic rings. The standard InChI is InChI=1S/C11H9BrN2O3S/c1-6(11(15)16)17-9-3-2-7(12)4-8(9)10-14-13-5-18-10/h2-6H,1H3,(H,15,16). The van der Waals surface area contributed by atoms with Gasteiger partial charge in [-0.1, -0.05) is 27.3 Å². The van der Waals surface area contributed by atoms with Gasteiger partial charge in [-0.05, 0) is 25.1 Å². The summed E-state index contributed by atoms with van der Waals surface area (Å²) in [6, 6.07) is 5.32. The van der Waals surface area contributed by atoms with E-state index < -0.39 is 12.1 Å². The molecule has 1 heterocycles. The van der Waals surface area contributed by atoms with Crippen LogP contribution in [0.3, 0.4) is 0 Å². The van der Waals surface area contributed by atoms with Gasteiger partial charge in [0.1, 0.15) is 11.3 Å². The van der Waals surface area contributed by atoms with Crippen molar-refractivity contribution in [3.05, 3.63) is 28.2 Å². The predicted molar refractivity (Wildman–Crippen MR) is 70.8 cm³/mol. The van der Waals surface area contributed by atoms with E-state index in [0.717, 1.165) is 10.0 Å². The van der Waals surface area contributed by atoms with E-state index in [-0.39, 0.29) is 0 Å². The van der Waals surface area contributed by atoms with Gasteiger partial charge in [-0.2, -0.15) is 0 Å². The number of benzene rings is 1. The number of aromatic nitrogens is 2. The van der Waals surface area contributed by atoms with E-state index in [0.29, 0.717) is 10.8 Å². The zero-order valence-corrected chi connectivity index (χ0v) is 11.7. The minimum atomic E-state index is -1.01. The molecule has 1 atom stereocenters. The summed E-state index contributed by atoms with van der Waals surface area (Å²) in [7, 11) is 0. The van der Waals surface area contributed by atoms with Gasteiger partial charge in [0.2, 0.25) is 0 Å². The van der Waals surface area contributed by atoms with E-state index in [1.807, 2.05) is 6.07 Å². The molecule has 2 rings (SSSR count). The summed E-state index contributed by atoms with van der Waals surface area (Å²) in [6.07, 6.45) is -0.919. The number of nitrogens with zero attached hydrogens (tertiary/aromatic N) is 2. The van der Waals surface area contributed by atoms with Gasteiger partial charge >= 0.3 is 5.97 Å². The topological polar surface area (TPSA) is 72.3 Å². The van der Waals surface area contributed by atoms with Crippen LogP contribution in [-0.2, 0) is 4.79 Å². The van der Waals surface area contributed by atoms with Gasteiger partial charge in [-0.25, -0.2) is 4.79 Å². The molecule has 0 aliphatic heterocycles. The number of carbonyl (C=O) groups is 1. The highest BCUT2D eigenvalue weighted by molar-refractivity contribution is 9.10. The molecule has 1 aromatic carbocycles. The monoisotopic (exact) mass is 328 g/mol. The Labute approximate surface area is 116 Å². The molecular weight excluding hydrogens is 320 g/mol. The average molecular weight is 329 g/mol. The third-order valence-electron chi connectivity index (χ3n) is 2.18. The van der Waals surface area contributed by atoms with E-state index in [1.165, 1.54) is 18.3 Å². The molecule has 18 heavy (non-hydrogen) atoms. The van der Waals surface area contributed by atoms with Crippen LogP contribution in [0.5, 0.6) is 5.75 Å². The Hall–Kier alpha value is -1.47. The zero-order chi connectivity index (χ0) is 13.1. The fourth-order valence-electron chi connectivity index (χ4n) is 1.30. The lowest BCUT2D eigenvalue weighted by Gasteiger charge is -2.13. The van der Waals surface area contributed by atoms with Gasteiger partial charge in [0.25, 0.3) is 0 Å². The number of carboxylic acid groups (broad SMARTS) is 1. The van der Waals surface area contributed by atoms with E-state index in [9.17, 15) is 4.79 Å². The highest BCUT2D eigenvalue weighted by Gasteiger charge is 2.17. The predicted octanol–water partition coefficient (Wildman–Crippen LogP) is 2.82. The summed E-state index contributed by atoms with van der Waals surface area (Å²) in [5.41, 5.74) is 2.33. The van der Waals surface area contributed by atoms with Crippen LogP contribution in [0.15, 0.2) is 28.2 Å². The fraction of sp³-hybridized carbons (Fsp3) is 0.182. The summed E-state index contributed by atoms with van der Waals surface area (Å²) in [6.45, 7) is 1.48. The van der Waals surface area contributed by atoms with Gasteiger partial charge in [-0.15, -0.1) is 10.2 Å². The number of aliphatic carboxylic acids is 1. The second-order valence-electron chi connectivity index (χ2n) is 3.48. The van der Waals surface area contributed by atoms with E-state index in [1.54, 1.807) is 17.6 Å². The quantitative estimate of drug-likeness (QED) is 0.934. The van der Waals surface area contributed by atoms with Crippen molar-refractivity contribution < 1.29 is 14.6 Å². The molecule has 0 spiro atoms. The number of hydrogen-bond acceptors (Lipinski definition) is 5. The molecule has 5 nitrogen and oxygen atoms in total. The van der Waals surface area contributed by atoms with Crippen LogP contribution in [0.4, 0.5) is 0 Å². The first-order chi connectivity index (χ1) is 8.58. The molecule has 1 N–H and O–H groups in total. The summed E-state index contributed by atoms with van der Waals surface area (Å²) in [5.74, 6) is -0.536. The van der Waals surface area contributed by atoms with Crippen molar-refractivity contribution in [1.82, 2.24) is 10.2 Å². The normalized spacial score (nSPS) is 12.1. The van der Waals surface area contributed by atoms with Crippen molar-refractivity contribution >= 4 is 33.2 Å². The molecule has 0 aliphatic rings. The molecule has 94 valence electrons. The Morgan fingerprint density at radius 1 is 1.56 bits per heavy atom. The first-order valence-corrected chi connectivity index (χ1v) is 6.70. The van der Waals surface area contributed by atoms with Crippen LogP contribution < -0.4 is 4.74 Å². The smallest absolute Gasteiger partial charge is 0.344 e. The third kappa shape index (κ3) is 2.85. The third-order valence-corrected chi connectivity index (χ3v) is 3.40. The lowest BCUT2D eigenvalue weighted by Crippen LogP contribution is -2.23. The number of halogens is 1. The van der Waals surface area contributed by atoms with Gasteiger partial charge in [0, 0.05) is 4.47 Å². The van der Waals surface area contributed by atoms with Crippen LogP contribution >= 0.6 is 27.3 Å². The maximum absolute atomic E-state index is 10.8. The minimum absolute atomic E-state index is 0.477. The van der Waals surface area contributed by atoms with Gasteiger partial charge in [0.15, 0.2) is 11.1 Å². The molecule has 0 fully saturated rings. The molecule has 0 saturated heterocycles. The summed E-state index contributed by atoms with van der Waals surface area (Å²) in [5, 5.41) is 17.3. The SMILES string of the molecule is CC(Oc1ccc(Br)cc1-c1nncs1)C(=O)O. The van der Waals surface area contributed by atoms with Crippen molar-refractivity contribution in [2.45, 2.75) is 13.0 Å². The molecule has 1 unspecified atom stereocenters. The molecule has 7 heteroatoms. The molecule has 0 bridgehead atoms. The zero-order valence-electron chi connectivity index (χ0n) is 9.33. The highest BCUT2D eigenvalue weighted by Crippen LogP contribution is 2.33. The van der Waals surface area contributed by atoms with Gasteiger partial charge < -0.3 is 9.84 Å². The van der Waals surface area contributed by atoms with E-state index >= 15 is 0 Å². The number of hydrogen-bond donors (Lipinski definition) is 1. The van der Waals surface area contributed by atoms with Crippen molar-refractivity contribution in [3.8, 4) is 16.3 Å². The van der Waals surface area contributed by atoms with Gasteiger partial charge in [-0.3, -0.25) is 0 Å². The lowest BCUT2D eigenvalue weighted by molar-refractivity contribution is -0.144. The first kappa shape index (κ1) is 13.0. The Bertz CT molecular complexity index is 559. The van der Waals surface area contributed by atoms with Crippen molar-refractivity contribution in [3.63, 3.8) is 0 Å². The molecular formula is C11H9BrN2O3S. The van der Waals surface area contributed by atoms with Crippen molar-refractivity contribution in [2.24, 2.45) is 0 Å². The van der Waals surface area contributed by atoms with Crippen molar-refractivity contribution in [2.75, 3.05) is 0 Å². The van der Waals surface area contributed by atoms with E-state index in [4.69, 9.17) is 9.84 Å². The Morgan fingerprint density at radius 2 is 2.33 bits per heavy atom. The molecule has 0 amide bonds. The Kier molecular flexibility index (Phi) is 3.93. The summed E-state index contributed by atoms with van der Waals surface area (Å²) in [4.78, 5) is 10.8. The number of rotatable bonds is 4. The lowest BCUT2D eigenvalue weighted by atomic mass is 10.2. The average Bonchev–Trinajstić information content (AvgIpc) is 2.84. The molecule has 1 aromatic heterocycles. The largest absolute Gasteiger partial charge is 0.479 e. The van der Waals surface area contributed by atoms with Gasteiger partial charge in [0.05, 0.1) is 5.56 Å². The fourth-order valence-corrected chi connectivity index (χ4v) is 2.24. The van der Waals surface area contributed by atoms with Crippen LogP contribution in [-0.4, -0.2) is 27.4 Å².